The van der Waals surface area contributed by atoms with Crippen molar-refractivity contribution in [1.29, 1.82) is 0 Å². The Morgan fingerprint density at radius 2 is 1.79 bits per heavy atom. The third kappa shape index (κ3) is 1.72. The lowest BCUT2D eigenvalue weighted by atomic mass is 10.0. The van der Waals surface area contributed by atoms with Crippen molar-refractivity contribution >= 4 is 33.3 Å². The van der Waals surface area contributed by atoms with E-state index in [0.29, 0.717) is 5.82 Å². The summed E-state index contributed by atoms with van der Waals surface area (Å²) in [7, 11) is 0. The van der Waals surface area contributed by atoms with E-state index in [2.05, 4.69) is 4.98 Å². The Hall–Kier alpha value is -2.82. The van der Waals surface area contributed by atoms with Crippen molar-refractivity contribution < 1.29 is 15.0 Å². The number of benzene rings is 2. The second-order valence-corrected chi connectivity index (χ2v) is 4.29. The van der Waals surface area contributed by atoms with Gasteiger partial charge >= 0.3 is 5.97 Å². The zero-order valence-electron chi connectivity index (χ0n) is 9.79. The van der Waals surface area contributed by atoms with E-state index in [9.17, 15) is 9.90 Å². The molecule has 4 N–H and O–H groups in total. The van der Waals surface area contributed by atoms with Gasteiger partial charge in [-0.1, -0.05) is 12.1 Å². The Balaban J connectivity index is 2.46. The summed E-state index contributed by atoms with van der Waals surface area (Å²) in [6, 6.07) is 8.23. The molecule has 94 valence electrons. The largest absolute Gasteiger partial charge is 0.507 e. The molecule has 0 aliphatic heterocycles. The number of hydrogen-bond donors (Lipinski definition) is 3. The average molecular weight is 254 g/mol. The van der Waals surface area contributed by atoms with Crippen LogP contribution in [0.1, 0.15) is 10.4 Å². The van der Waals surface area contributed by atoms with Gasteiger partial charge in [-0.15, -0.1) is 0 Å². The third-order valence-electron chi connectivity index (χ3n) is 3.09. The second-order valence-electron chi connectivity index (χ2n) is 4.29. The fraction of sp³-hybridized carbons (Fsp3) is 0. The highest BCUT2D eigenvalue weighted by molar-refractivity contribution is 6.10. The number of aromatic carboxylic acids is 1. The molecule has 0 unspecified atom stereocenters. The molecule has 0 saturated carbocycles. The van der Waals surface area contributed by atoms with Crippen LogP contribution < -0.4 is 5.73 Å². The highest BCUT2D eigenvalue weighted by Crippen LogP contribution is 2.31. The van der Waals surface area contributed by atoms with Gasteiger partial charge in [-0.25, -0.2) is 9.78 Å². The number of nitrogens with zero attached hydrogens (tertiary/aromatic N) is 1. The number of hydrogen-bond acceptors (Lipinski definition) is 4. The Labute approximate surface area is 107 Å². The molecule has 3 aromatic rings. The van der Waals surface area contributed by atoms with Gasteiger partial charge in [-0.05, 0) is 34.4 Å². The molecule has 0 amide bonds. The third-order valence-corrected chi connectivity index (χ3v) is 3.09. The number of pyridine rings is 1. The molecule has 0 aliphatic rings. The first-order valence-electron chi connectivity index (χ1n) is 5.60. The Morgan fingerprint density at radius 1 is 1.11 bits per heavy atom. The maximum atomic E-state index is 11.0. The standard InChI is InChI=1S/C14H10N2O3/c15-13-5-10-8(6-16-13)2-1-7-3-11(14(18)19)12(17)4-9(7)10/h1-6,17H,(H2,15,16)(H,18,19). The van der Waals surface area contributed by atoms with Gasteiger partial charge in [0.05, 0.1) is 0 Å². The number of carbonyl (C=O) groups is 1. The van der Waals surface area contributed by atoms with Crippen LogP contribution in [0.4, 0.5) is 5.82 Å². The maximum Gasteiger partial charge on any atom is 0.339 e. The van der Waals surface area contributed by atoms with E-state index in [4.69, 9.17) is 10.8 Å². The topological polar surface area (TPSA) is 96.4 Å². The SMILES string of the molecule is Nc1cc2c(ccc3cc(C(=O)O)c(O)cc32)cn1. The number of carboxylic acids is 1. The summed E-state index contributed by atoms with van der Waals surface area (Å²) in [5, 5.41) is 22.0. The van der Waals surface area contributed by atoms with Crippen molar-refractivity contribution in [3.63, 3.8) is 0 Å². The van der Waals surface area contributed by atoms with E-state index in [1.165, 1.54) is 12.1 Å². The predicted octanol–water partition coefficient (Wildman–Crippen LogP) is 2.37. The molecular formula is C14H10N2O3. The molecule has 0 spiro atoms. The summed E-state index contributed by atoms with van der Waals surface area (Å²) < 4.78 is 0. The molecule has 19 heavy (non-hydrogen) atoms. The Bertz CT molecular complexity index is 828. The van der Waals surface area contributed by atoms with Crippen LogP contribution in [0.2, 0.25) is 0 Å². The van der Waals surface area contributed by atoms with Crippen LogP contribution in [0, 0.1) is 0 Å². The average Bonchev–Trinajstić information content (AvgIpc) is 2.37. The maximum absolute atomic E-state index is 11.0. The molecule has 5 nitrogen and oxygen atoms in total. The highest BCUT2D eigenvalue weighted by atomic mass is 16.4. The quantitative estimate of drug-likeness (QED) is 0.579. The van der Waals surface area contributed by atoms with Gasteiger partial charge in [0.15, 0.2) is 0 Å². The number of nitrogen functional groups attached to an aromatic ring is 1. The van der Waals surface area contributed by atoms with Crippen LogP contribution in [-0.2, 0) is 0 Å². The van der Waals surface area contributed by atoms with E-state index in [0.717, 1.165) is 21.5 Å². The molecule has 0 aliphatic carbocycles. The molecule has 0 saturated heterocycles. The zero-order valence-corrected chi connectivity index (χ0v) is 9.79. The summed E-state index contributed by atoms with van der Waals surface area (Å²) in [4.78, 5) is 15.0. The molecular weight excluding hydrogens is 244 g/mol. The number of anilines is 1. The lowest BCUT2D eigenvalue weighted by molar-refractivity contribution is 0.0694. The lowest BCUT2D eigenvalue weighted by Crippen LogP contribution is -1.97. The smallest absolute Gasteiger partial charge is 0.339 e. The van der Waals surface area contributed by atoms with Gasteiger partial charge in [0, 0.05) is 11.6 Å². The first-order valence-corrected chi connectivity index (χ1v) is 5.60. The van der Waals surface area contributed by atoms with E-state index in [-0.39, 0.29) is 11.3 Å². The van der Waals surface area contributed by atoms with Gasteiger partial charge in [-0.3, -0.25) is 0 Å². The highest BCUT2D eigenvalue weighted by Gasteiger charge is 2.12. The van der Waals surface area contributed by atoms with Crippen LogP contribution in [0.3, 0.4) is 0 Å². The number of aromatic nitrogens is 1. The van der Waals surface area contributed by atoms with Crippen LogP contribution in [0.5, 0.6) is 5.75 Å². The number of rotatable bonds is 1. The summed E-state index contributed by atoms with van der Waals surface area (Å²) in [5.74, 6) is -1.04. The van der Waals surface area contributed by atoms with E-state index < -0.39 is 5.97 Å². The lowest BCUT2D eigenvalue weighted by Gasteiger charge is -2.07. The van der Waals surface area contributed by atoms with E-state index in [1.807, 2.05) is 6.07 Å². The Morgan fingerprint density at radius 3 is 2.53 bits per heavy atom. The van der Waals surface area contributed by atoms with Gasteiger partial charge < -0.3 is 15.9 Å². The first kappa shape index (κ1) is 11.3. The molecule has 0 atom stereocenters. The molecule has 0 radical (unpaired) electrons. The van der Waals surface area contributed by atoms with Crippen molar-refractivity contribution in [2.75, 3.05) is 5.73 Å². The molecule has 5 heteroatoms. The molecule has 3 rings (SSSR count). The van der Waals surface area contributed by atoms with Crippen molar-refractivity contribution in [3.05, 3.63) is 42.1 Å². The summed E-state index contributed by atoms with van der Waals surface area (Å²) >= 11 is 0. The van der Waals surface area contributed by atoms with E-state index >= 15 is 0 Å². The summed E-state index contributed by atoms with van der Waals surface area (Å²) in [6.45, 7) is 0. The minimum absolute atomic E-state index is 0.117. The normalized spacial score (nSPS) is 10.9. The van der Waals surface area contributed by atoms with Crippen LogP contribution in [0.25, 0.3) is 21.5 Å². The first-order chi connectivity index (χ1) is 9.06. The predicted molar refractivity (Wildman–Crippen MR) is 72.3 cm³/mol. The van der Waals surface area contributed by atoms with Gasteiger partial charge in [-0.2, -0.15) is 0 Å². The molecule has 0 bridgehead atoms. The van der Waals surface area contributed by atoms with Crippen molar-refractivity contribution in [3.8, 4) is 5.75 Å². The molecule has 2 aromatic carbocycles. The van der Waals surface area contributed by atoms with Gasteiger partial charge in [0.1, 0.15) is 17.1 Å². The second kappa shape index (κ2) is 3.84. The van der Waals surface area contributed by atoms with Crippen molar-refractivity contribution in [2.24, 2.45) is 0 Å². The van der Waals surface area contributed by atoms with Crippen LogP contribution >= 0.6 is 0 Å². The van der Waals surface area contributed by atoms with Gasteiger partial charge in [0.2, 0.25) is 0 Å². The van der Waals surface area contributed by atoms with Crippen LogP contribution in [-0.4, -0.2) is 21.2 Å². The van der Waals surface area contributed by atoms with Crippen LogP contribution in [0.15, 0.2) is 36.5 Å². The van der Waals surface area contributed by atoms with Crippen molar-refractivity contribution in [2.45, 2.75) is 0 Å². The summed E-state index contributed by atoms with van der Waals surface area (Å²) in [6.07, 6.45) is 1.65. The number of carboxylic acid groups (broad SMARTS) is 1. The molecule has 0 fully saturated rings. The minimum atomic E-state index is -1.16. The number of phenols is 1. The monoisotopic (exact) mass is 254 g/mol. The number of fused-ring (bicyclic) bond motifs is 3. The van der Waals surface area contributed by atoms with E-state index in [1.54, 1.807) is 18.3 Å². The fourth-order valence-electron chi connectivity index (χ4n) is 2.18. The Kier molecular flexibility index (Phi) is 2.28. The molecule has 1 heterocycles. The number of aromatic hydroxyl groups is 1. The number of nitrogens with two attached hydrogens (primary N) is 1. The fourth-order valence-corrected chi connectivity index (χ4v) is 2.18. The van der Waals surface area contributed by atoms with Crippen molar-refractivity contribution in [1.82, 2.24) is 4.98 Å². The summed E-state index contributed by atoms with van der Waals surface area (Å²) in [5.41, 5.74) is 5.55. The molecule has 1 aromatic heterocycles. The van der Waals surface area contributed by atoms with Gasteiger partial charge in [0.25, 0.3) is 0 Å². The minimum Gasteiger partial charge on any atom is -0.507 e. The zero-order chi connectivity index (χ0) is 13.6.